The minimum atomic E-state index is -0.763. The van der Waals surface area contributed by atoms with Crippen molar-refractivity contribution < 1.29 is 14.6 Å². The predicted octanol–water partition coefficient (Wildman–Crippen LogP) is 4.35. The van der Waals surface area contributed by atoms with Crippen LogP contribution in [-0.4, -0.2) is 30.8 Å². The lowest BCUT2D eigenvalue weighted by molar-refractivity contribution is -0.136. The average Bonchev–Trinajstić information content (AvgIpc) is 2.64. The second kappa shape index (κ2) is 11.6. The summed E-state index contributed by atoms with van der Waals surface area (Å²) in [5.74, 6) is 0.130. The van der Waals surface area contributed by atoms with E-state index < -0.39 is 5.97 Å². The molecule has 0 saturated carbocycles. The van der Waals surface area contributed by atoms with Crippen LogP contribution in [0.3, 0.4) is 0 Å². The number of nitrogens with one attached hydrogen (secondary N) is 1. The molecular weight excluding hydrogens is 350 g/mol. The first kappa shape index (κ1) is 20.3. The van der Waals surface area contributed by atoms with Crippen LogP contribution in [0.25, 0.3) is 0 Å². The standard InChI is InChI=1S/C21H26ClNO3/c22-19-9-5-18(6-10-19)4-2-16-26-20-11-7-17(8-12-20)3-1-14-23-15-13-21(24)25/h5-12,23H,1-4,13-16H2,(H,24,25). The molecule has 0 fully saturated rings. The first-order valence-electron chi connectivity index (χ1n) is 9.02. The minimum Gasteiger partial charge on any atom is -0.494 e. The normalized spacial score (nSPS) is 10.7. The minimum absolute atomic E-state index is 0.171. The van der Waals surface area contributed by atoms with E-state index in [0.29, 0.717) is 13.2 Å². The summed E-state index contributed by atoms with van der Waals surface area (Å²) in [7, 11) is 0. The molecule has 2 aromatic carbocycles. The van der Waals surface area contributed by atoms with E-state index in [2.05, 4.69) is 17.4 Å². The number of carboxylic acids is 1. The predicted molar refractivity (Wildman–Crippen MR) is 105 cm³/mol. The van der Waals surface area contributed by atoms with Gasteiger partial charge in [0.1, 0.15) is 5.75 Å². The Morgan fingerprint density at radius 3 is 2.19 bits per heavy atom. The number of carboxylic acid groups (broad SMARTS) is 1. The fourth-order valence-electron chi connectivity index (χ4n) is 2.61. The smallest absolute Gasteiger partial charge is 0.304 e. The van der Waals surface area contributed by atoms with E-state index in [-0.39, 0.29) is 6.42 Å². The molecule has 2 rings (SSSR count). The van der Waals surface area contributed by atoms with E-state index in [1.165, 1.54) is 11.1 Å². The van der Waals surface area contributed by atoms with Crippen LogP contribution in [0.1, 0.15) is 30.4 Å². The maximum absolute atomic E-state index is 10.4. The molecule has 0 unspecified atom stereocenters. The number of benzene rings is 2. The van der Waals surface area contributed by atoms with Gasteiger partial charge in [-0.3, -0.25) is 4.79 Å². The molecular formula is C21H26ClNO3. The number of hydrogen-bond donors (Lipinski definition) is 2. The fraction of sp³-hybridized carbons (Fsp3) is 0.381. The second-order valence-corrected chi connectivity index (χ2v) is 6.66. The van der Waals surface area contributed by atoms with Crippen molar-refractivity contribution in [1.29, 1.82) is 0 Å². The molecule has 0 aliphatic heterocycles. The first-order chi connectivity index (χ1) is 12.6. The Labute approximate surface area is 160 Å². The van der Waals surface area contributed by atoms with Gasteiger partial charge in [-0.05, 0) is 67.6 Å². The molecule has 0 bridgehead atoms. The molecule has 2 N–H and O–H groups in total. The third kappa shape index (κ3) is 8.37. The van der Waals surface area contributed by atoms with E-state index >= 15 is 0 Å². The molecule has 0 heterocycles. The number of ether oxygens (including phenoxy) is 1. The molecule has 0 aliphatic carbocycles. The quantitative estimate of drug-likeness (QED) is 0.541. The van der Waals surface area contributed by atoms with Crippen molar-refractivity contribution in [3.05, 3.63) is 64.7 Å². The molecule has 2 aromatic rings. The van der Waals surface area contributed by atoms with Crippen molar-refractivity contribution in [2.24, 2.45) is 0 Å². The van der Waals surface area contributed by atoms with Crippen LogP contribution in [0.4, 0.5) is 0 Å². The van der Waals surface area contributed by atoms with Gasteiger partial charge in [0.15, 0.2) is 0 Å². The highest BCUT2D eigenvalue weighted by molar-refractivity contribution is 6.30. The topological polar surface area (TPSA) is 58.6 Å². The van der Waals surface area contributed by atoms with Crippen LogP contribution in [-0.2, 0) is 17.6 Å². The summed E-state index contributed by atoms with van der Waals surface area (Å²) in [6, 6.07) is 16.1. The molecule has 0 radical (unpaired) electrons. The third-order valence-electron chi connectivity index (χ3n) is 4.05. The molecule has 0 spiro atoms. The number of aliphatic carboxylic acids is 1. The lowest BCUT2D eigenvalue weighted by Gasteiger charge is -2.08. The maximum atomic E-state index is 10.4. The van der Waals surface area contributed by atoms with Crippen molar-refractivity contribution >= 4 is 17.6 Å². The Hall–Kier alpha value is -2.04. The monoisotopic (exact) mass is 375 g/mol. The van der Waals surface area contributed by atoms with E-state index in [1.807, 2.05) is 36.4 Å². The van der Waals surface area contributed by atoms with E-state index in [4.69, 9.17) is 21.4 Å². The Morgan fingerprint density at radius 2 is 1.54 bits per heavy atom. The zero-order valence-corrected chi connectivity index (χ0v) is 15.7. The fourth-order valence-corrected chi connectivity index (χ4v) is 2.73. The average molecular weight is 376 g/mol. The van der Waals surface area contributed by atoms with Gasteiger partial charge >= 0.3 is 5.97 Å². The summed E-state index contributed by atoms with van der Waals surface area (Å²) in [5, 5.41) is 12.5. The number of aryl methyl sites for hydroxylation is 2. The Morgan fingerprint density at radius 1 is 0.923 bits per heavy atom. The van der Waals surface area contributed by atoms with Gasteiger partial charge < -0.3 is 15.2 Å². The summed E-state index contributed by atoms with van der Waals surface area (Å²) < 4.78 is 5.79. The first-order valence-corrected chi connectivity index (χ1v) is 9.40. The van der Waals surface area contributed by atoms with Gasteiger partial charge in [-0.15, -0.1) is 0 Å². The van der Waals surface area contributed by atoms with E-state index in [1.54, 1.807) is 0 Å². The van der Waals surface area contributed by atoms with Crippen molar-refractivity contribution in [3.8, 4) is 5.75 Å². The van der Waals surface area contributed by atoms with Gasteiger partial charge in [0.2, 0.25) is 0 Å². The zero-order chi connectivity index (χ0) is 18.6. The molecule has 5 heteroatoms. The van der Waals surface area contributed by atoms with Gasteiger partial charge in [0, 0.05) is 11.6 Å². The maximum Gasteiger partial charge on any atom is 0.304 e. The largest absolute Gasteiger partial charge is 0.494 e. The third-order valence-corrected chi connectivity index (χ3v) is 4.30. The molecule has 4 nitrogen and oxygen atoms in total. The molecule has 0 aliphatic rings. The summed E-state index contributed by atoms with van der Waals surface area (Å²) in [5.41, 5.74) is 2.53. The highest BCUT2D eigenvalue weighted by Gasteiger charge is 1.99. The van der Waals surface area contributed by atoms with Crippen molar-refractivity contribution in [1.82, 2.24) is 5.32 Å². The van der Waals surface area contributed by atoms with Gasteiger partial charge in [-0.1, -0.05) is 35.9 Å². The molecule has 0 atom stereocenters. The zero-order valence-electron chi connectivity index (χ0n) is 14.9. The van der Waals surface area contributed by atoms with E-state index in [9.17, 15) is 4.79 Å². The van der Waals surface area contributed by atoms with E-state index in [0.717, 1.165) is 43.0 Å². The number of carbonyl (C=O) groups is 1. The Bertz CT molecular complexity index is 656. The van der Waals surface area contributed by atoms with Gasteiger partial charge in [0.05, 0.1) is 13.0 Å². The number of hydrogen-bond acceptors (Lipinski definition) is 3. The highest BCUT2D eigenvalue weighted by Crippen LogP contribution is 2.15. The molecule has 26 heavy (non-hydrogen) atoms. The van der Waals surface area contributed by atoms with Crippen LogP contribution >= 0.6 is 11.6 Å². The van der Waals surface area contributed by atoms with Crippen LogP contribution < -0.4 is 10.1 Å². The lowest BCUT2D eigenvalue weighted by Crippen LogP contribution is -2.19. The van der Waals surface area contributed by atoms with Gasteiger partial charge in [-0.2, -0.15) is 0 Å². The number of rotatable bonds is 12. The second-order valence-electron chi connectivity index (χ2n) is 6.22. The van der Waals surface area contributed by atoms with Crippen LogP contribution in [0.2, 0.25) is 5.02 Å². The highest BCUT2D eigenvalue weighted by atomic mass is 35.5. The summed E-state index contributed by atoms with van der Waals surface area (Å²) in [6.45, 7) is 2.05. The Kier molecular flexibility index (Phi) is 9.01. The van der Waals surface area contributed by atoms with Gasteiger partial charge in [-0.25, -0.2) is 0 Å². The molecule has 0 amide bonds. The summed E-state index contributed by atoms with van der Waals surface area (Å²) in [4.78, 5) is 10.4. The summed E-state index contributed by atoms with van der Waals surface area (Å²) >= 11 is 5.88. The number of halogens is 1. The van der Waals surface area contributed by atoms with Gasteiger partial charge in [0.25, 0.3) is 0 Å². The SMILES string of the molecule is O=C(O)CCNCCCc1ccc(OCCCc2ccc(Cl)cc2)cc1. The van der Waals surface area contributed by atoms with Crippen molar-refractivity contribution in [2.75, 3.05) is 19.7 Å². The molecule has 0 aromatic heterocycles. The lowest BCUT2D eigenvalue weighted by atomic mass is 10.1. The van der Waals surface area contributed by atoms with Crippen molar-refractivity contribution in [3.63, 3.8) is 0 Å². The van der Waals surface area contributed by atoms with Crippen LogP contribution in [0, 0.1) is 0 Å². The molecule has 0 saturated heterocycles. The van der Waals surface area contributed by atoms with Crippen LogP contribution in [0.15, 0.2) is 48.5 Å². The molecule has 140 valence electrons. The van der Waals surface area contributed by atoms with Crippen molar-refractivity contribution in [2.45, 2.75) is 32.1 Å². The summed E-state index contributed by atoms with van der Waals surface area (Å²) in [6.07, 6.45) is 4.07. The Balaban J connectivity index is 1.58. The van der Waals surface area contributed by atoms with Crippen LogP contribution in [0.5, 0.6) is 5.75 Å².